The average molecular weight is 397 g/mol. The summed E-state index contributed by atoms with van der Waals surface area (Å²) in [5, 5.41) is 0. The lowest BCUT2D eigenvalue weighted by Gasteiger charge is -2.27. The molecular formula is C21H33O3PS. The summed E-state index contributed by atoms with van der Waals surface area (Å²) in [6, 6.07) is 10.0. The molecule has 0 aliphatic rings. The summed E-state index contributed by atoms with van der Waals surface area (Å²) < 4.78 is 26.4. The summed E-state index contributed by atoms with van der Waals surface area (Å²) in [4.78, 5) is 0. The van der Waals surface area contributed by atoms with Gasteiger partial charge in [-0.05, 0) is 57.4 Å². The van der Waals surface area contributed by atoms with Crippen molar-refractivity contribution in [2.24, 2.45) is 0 Å². The molecule has 3 nitrogen and oxygen atoms in total. The summed E-state index contributed by atoms with van der Waals surface area (Å²) in [7, 11) is -3.44. The number of allylic oxidation sites excluding steroid dienone is 2. The molecule has 0 bridgehead atoms. The van der Waals surface area contributed by atoms with Crippen molar-refractivity contribution < 1.29 is 13.6 Å². The quantitative estimate of drug-likeness (QED) is 0.208. The topological polar surface area (TPSA) is 35.5 Å². The number of benzene rings is 1. The zero-order valence-corrected chi connectivity index (χ0v) is 18.4. The van der Waals surface area contributed by atoms with Crippen LogP contribution in [-0.2, 0) is 13.6 Å². The SMILES string of the molecule is C=CC/C(=C(\SCCCC)P(=O)(OC(C)C)OC(C)C)c1ccccc1. The Morgan fingerprint density at radius 3 is 2.19 bits per heavy atom. The first-order valence-electron chi connectivity index (χ1n) is 9.33. The van der Waals surface area contributed by atoms with Crippen molar-refractivity contribution in [3.63, 3.8) is 0 Å². The molecule has 0 saturated heterocycles. The van der Waals surface area contributed by atoms with Crippen LogP contribution in [0.1, 0.15) is 59.4 Å². The molecule has 5 heteroatoms. The van der Waals surface area contributed by atoms with E-state index < -0.39 is 7.60 Å². The second-order valence-corrected chi connectivity index (χ2v) is 9.92. The first kappa shape index (κ1) is 23.2. The maximum absolute atomic E-state index is 13.9. The Bertz CT molecular complexity index is 609. The van der Waals surface area contributed by atoms with Gasteiger partial charge in [0.1, 0.15) is 4.65 Å². The fourth-order valence-electron chi connectivity index (χ4n) is 2.43. The van der Waals surface area contributed by atoms with E-state index in [4.69, 9.17) is 9.05 Å². The molecule has 0 aliphatic heterocycles. The minimum absolute atomic E-state index is 0.192. The average Bonchev–Trinajstić information content (AvgIpc) is 2.56. The van der Waals surface area contributed by atoms with Gasteiger partial charge in [-0.2, -0.15) is 0 Å². The number of unbranched alkanes of at least 4 members (excludes halogenated alkanes) is 1. The van der Waals surface area contributed by atoms with Crippen molar-refractivity contribution in [2.75, 3.05) is 5.75 Å². The minimum Gasteiger partial charge on any atom is -0.302 e. The van der Waals surface area contributed by atoms with E-state index in [9.17, 15) is 4.57 Å². The second kappa shape index (κ2) is 11.8. The standard InChI is InChI=1S/C21H33O3PS/c1-7-9-16-26-21(25(22,23-17(3)4)24-18(5)6)20(13-8-2)19-14-11-10-12-15-19/h8,10-12,14-15,17-18H,2,7,9,13,16H2,1,3-6H3/b21-20+. The molecular weight excluding hydrogens is 363 g/mol. The van der Waals surface area contributed by atoms with Crippen LogP contribution in [0.3, 0.4) is 0 Å². The van der Waals surface area contributed by atoms with E-state index in [1.54, 1.807) is 11.8 Å². The molecule has 0 aliphatic carbocycles. The molecule has 0 amide bonds. The first-order valence-corrected chi connectivity index (χ1v) is 11.9. The van der Waals surface area contributed by atoms with Crippen LogP contribution in [0.2, 0.25) is 0 Å². The third-order valence-corrected chi connectivity index (χ3v) is 7.65. The molecule has 146 valence electrons. The molecule has 0 N–H and O–H groups in total. The van der Waals surface area contributed by atoms with Crippen LogP contribution in [-0.4, -0.2) is 18.0 Å². The Kier molecular flexibility index (Phi) is 10.6. The van der Waals surface area contributed by atoms with Crippen molar-refractivity contribution >= 4 is 24.9 Å². The highest BCUT2D eigenvalue weighted by atomic mass is 32.2. The van der Waals surface area contributed by atoms with Crippen molar-refractivity contribution in [2.45, 2.75) is 66.1 Å². The fourth-order valence-corrected chi connectivity index (χ4v) is 6.50. The van der Waals surface area contributed by atoms with Gasteiger partial charge in [0.25, 0.3) is 0 Å². The number of rotatable bonds is 12. The van der Waals surface area contributed by atoms with Gasteiger partial charge in [-0.3, -0.25) is 4.57 Å². The largest absolute Gasteiger partial charge is 0.368 e. The normalized spacial score (nSPS) is 13.2. The van der Waals surface area contributed by atoms with E-state index in [1.807, 2.05) is 64.1 Å². The van der Waals surface area contributed by atoms with E-state index in [0.717, 1.165) is 34.4 Å². The zero-order valence-electron chi connectivity index (χ0n) is 16.7. The molecule has 0 heterocycles. The molecule has 0 radical (unpaired) electrons. The van der Waals surface area contributed by atoms with Crippen LogP contribution in [0.4, 0.5) is 0 Å². The Hall–Kier alpha value is -0.800. The summed E-state index contributed by atoms with van der Waals surface area (Å²) in [6.45, 7) is 13.6. The van der Waals surface area contributed by atoms with Crippen LogP contribution in [0.5, 0.6) is 0 Å². The summed E-state index contributed by atoms with van der Waals surface area (Å²) in [5.41, 5.74) is 2.01. The van der Waals surface area contributed by atoms with Crippen molar-refractivity contribution in [3.8, 4) is 0 Å². The highest BCUT2D eigenvalue weighted by Gasteiger charge is 2.35. The molecule has 1 aromatic carbocycles. The summed E-state index contributed by atoms with van der Waals surface area (Å²) in [6.07, 6.45) is 4.21. The van der Waals surface area contributed by atoms with Gasteiger partial charge in [-0.15, -0.1) is 18.3 Å². The van der Waals surface area contributed by atoms with Gasteiger partial charge < -0.3 is 9.05 Å². The fraction of sp³-hybridized carbons (Fsp3) is 0.524. The van der Waals surface area contributed by atoms with E-state index >= 15 is 0 Å². The number of hydrogen-bond donors (Lipinski definition) is 0. The van der Waals surface area contributed by atoms with Gasteiger partial charge in [-0.1, -0.05) is 49.8 Å². The summed E-state index contributed by atoms with van der Waals surface area (Å²) in [5.74, 6) is 0.881. The predicted molar refractivity (Wildman–Crippen MR) is 116 cm³/mol. The smallest absolute Gasteiger partial charge is 0.302 e. The Labute approximate surface area is 163 Å². The monoisotopic (exact) mass is 396 g/mol. The van der Waals surface area contributed by atoms with Crippen LogP contribution in [0, 0.1) is 0 Å². The third-order valence-electron chi connectivity index (χ3n) is 3.41. The lowest BCUT2D eigenvalue weighted by Crippen LogP contribution is -2.10. The molecule has 0 unspecified atom stereocenters. The predicted octanol–water partition coefficient (Wildman–Crippen LogP) is 7.51. The van der Waals surface area contributed by atoms with Crippen LogP contribution < -0.4 is 0 Å². The third kappa shape index (κ3) is 7.44. The molecule has 0 spiro atoms. The van der Waals surface area contributed by atoms with E-state index in [0.29, 0.717) is 6.42 Å². The van der Waals surface area contributed by atoms with E-state index in [-0.39, 0.29) is 12.2 Å². The van der Waals surface area contributed by atoms with Gasteiger partial charge in [-0.25, -0.2) is 0 Å². The highest BCUT2D eigenvalue weighted by Crippen LogP contribution is 2.64. The van der Waals surface area contributed by atoms with E-state index in [1.165, 1.54) is 0 Å². The van der Waals surface area contributed by atoms with Crippen molar-refractivity contribution in [1.82, 2.24) is 0 Å². The van der Waals surface area contributed by atoms with Gasteiger partial charge in [0.15, 0.2) is 0 Å². The Balaban J connectivity index is 3.53. The van der Waals surface area contributed by atoms with Gasteiger partial charge in [0.2, 0.25) is 0 Å². The van der Waals surface area contributed by atoms with Crippen LogP contribution in [0.15, 0.2) is 47.6 Å². The molecule has 0 fully saturated rings. The van der Waals surface area contributed by atoms with Crippen molar-refractivity contribution in [1.29, 1.82) is 0 Å². The molecule has 0 atom stereocenters. The number of hydrogen-bond acceptors (Lipinski definition) is 4. The lowest BCUT2D eigenvalue weighted by atomic mass is 10.1. The van der Waals surface area contributed by atoms with E-state index in [2.05, 4.69) is 13.5 Å². The number of thioether (sulfide) groups is 1. The molecule has 1 aromatic rings. The maximum atomic E-state index is 13.9. The van der Waals surface area contributed by atoms with Gasteiger partial charge in [0, 0.05) is 0 Å². The first-order chi connectivity index (χ1) is 12.3. The van der Waals surface area contributed by atoms with Gasteiger partial charge in [0.05, 0.1) is 12.2 Å². The molecule has 0 aromatic heterocycles. The summed E-state index contributed by atoms with van der Waals surface area (Å²) >= 11 is 1.60. The lowest BCUT2D eigenvalue weighted by molar-refractivity contribution is 0.149. The van der Waals surface area contributed by atoms with Crippen LogP contribution in [0.25, 0.3) is 5.57 Å². The maximum Gasteiger partial charge on any atom is 0.368 e. The van der Waals surface area contributed by atoms with Crippen molar-refractivity contribution in [3.05, 3.63) is 53.2 Å². The second-order valence-electron chi connectivity index (χ2n) is 6.65. The molecule has 1 rings (SSSR count). The van der Waals surface area contributed by atoms with Gasteiger partial charge >= 0.3 is 7.60 Å². The van der Waals surface area contributed by atoms with Crippen LogP contribution >= 0.6 is 19.4 Å². The molecule has 26 heavy (non-hydrogen) atoms. The molecule has 0 saturated carbocycles. The Morgan fingerprint density at radius 2 is 1.73 bits per heavy atom. The zero-order chi connectivity index (χ0) is 19.6. The minimum atomic E-state index is -3.44. The highest BCUT2D eigenvalue weighted by molar-refractivity contribution is 8.10. The Morgan fingerprint density at radius 1 is 1.15 bits per heavy atom.